The van der Waals surface area contributed by atoms with Gasteiger partial charge in [-0.25, -0.2) is 4.98 Å². The van der Waals surface area contributed by atoms with Gasteiger partial charge in [0.25, 0.3) is 0 Å². The second kappa shape index (κ2) is 5.66. The Morgan fingerprint density at radius 1 is 1.54 bits per heavy atom. The van der Waals surface area contributed by atoms with Crippen LogP contribution in [0.25, 0.3) is 0 Å². The van der Waals surface area contributed by atoms with Crippen LogP contribution in [0.15, 0.2) is 5.38 Å². The van der Waals surface area contributed by atoms with E-state index in [1.807, 2.05) is 11.8 Å². The summed E-state index contributed by atoms with van der Waals surface area (Å²) in [5.74, 6) is 1.08. The summed E-state index contributed by atoms with van der Waals surface area (Å²) < 4.78 is 0. The van der Waals surface area contributed by atoms with Crippen molar-refractivity contribution in [3.05, 3.63) is 16.1 Å². The van der Waals surface area contributed by atoms with E-state index < -0.39 is 0 Å². The van der Waals surface area contributed by atoms with Crippen LogP contribution in [0.3, 0.4) is 0 Å². The van der Waals surface area contributed by atoms with Gasteiger partial charge in [0, 0.05) is 16.4 Å². The largest absolute Gasteiger partial charge is 0.245 e. The lowest BCUT2D eigenvalue weighted by Crippen LogP contribution is -1.93. The number of thioether (sulfide) groups is 1. The van der Waals surface area contributed by atoms with E-state index in [0.717, 1.165) is 17.4 Å². The van der Waals surface area contributed by atoms with E-state index in [1.165, 1.54) is 17.1 Å². The summed E-state index contributed by atoms with van der Waals surface area (Å²) in [7, 11) is 0. The van der Waals surface area contributed by atoms with Crippen molar-refractivity contribution in [1.82, 2.24) is 4.98 Å². The molecule has 0 bridgehead atoms. The molecule has 1 nitrogen and oxygen atoms in total. The predicted molar refractivity (Wildman–Crippen MR) is 62.5 cm³/mol. The molecule has 0 radical (unpaired) electrons. The smallest absolute Gasteiger partial charge is 0.103 e. The fourth-order valence-electron chi connectivity index (χ4n) is 0.909. The van der Waals surface area contributed by atoms with Crippen molar-refractivity contribution in [2.24, 2.45) is 0 Å². The van der Waals surface area contributed by atoms with Crippen LogP contribution in [0, 0.1) is 0 Å². The summed E-state index contributed by atoms with van der Waals surface area (Å²) >= 11 is 3.80. The molecule has 0 fully saturated rings. The summed E-state index contributed by atoms with van der Waals surface area (Å²) in [5, 5.41) is 4.21. The lowest BCUT2D eigenvalue weighted by molar-refractivity contribution is 0.904. The van der Waals surface area contributed by atoms with Gasteiger partial charge in [0.2, 0.25) is 0 Å². The first-order chi connectivity index (χ1) is 6.26. The van der Waals surface area contributed by atoms with E-state index in [9.17, 15) is 0 Å². The van der Waals surface area contributed by atoms with Crippen molar-refractivity contribution in [1.29, 1.82) is 0 Å². The summed E-state index contributed by atoms with van der Waals surface area (Å²) in [4.78, 5) is 4.53. The van der Waals surface area contributed by atoms with Gasteiger partial charge < -0.3 is 0 Å². The molecule has 0 N–H and O–H groups in total. The van der Waals surface area contributed by atoms with Crippen molar-refractivity contribution in [2.45, 2.75) is 44.6 Å². The standard InChI is InChI=1S/C10H17NS2/c1-4-8(3)12-7-10-11-9(5-2)6-13-10/h6,8H,4-5,7H2,1-3H3. The summed E-state index contributed by atoms with van der Waals surface area (Å²) in [6, 6.07) is 0. The predicted octanol–water partition coefficient (Wildman–Crippen LogP) is 3.74. The molecule has 1 unspecified atom stereocenters. The fraction of sp³-hybridized carbons (Fsp3) is 0.700. The molecule has 13 heavy (non-hydrogen) atoms. The monoisotopic (exact) mass is 215 g/mol. The van der Waals surface area contributed by atoms with E-state index >= 15 is 0 Å². The maximum atomic E-state index is 4.53. The van der Waals surface area contributed by atoms with Gasteiger partial charge in [-0.15, -0.1) is 11.3 Å². The Balaban J connectivity index is 2.36. The zero-order chi connectivity index (χ0) is 9.68. The highest BCUT2D eigenvalue weighted by Crippen LogP contribution is 2.22. The molecule has 0 saturated carbocycles. The molecule has 1 heterocycles. The fourth-order valence-corrected chi connectivity index (χ4v) is 2.77. The number of hydrogen-bond donors (Lipinski definition) is 0. The molecule has 1 aromatic heterocycles. The number of aromatic nitrogens is 1. The Hall–Kier alpha value is -0.0200. The van der Waals surface area contributed by atoms with E-state index in [0.29, 0.717) is 0 Å². The molecule has 1 aromatic rings. The van der Waals surface area contributed by atoms with E-state index in [2.05, 4.69) is 31.1 Å². The van der Waals surface area contributed by atoms with Gasteiger partial charge in [-0.05, 0) is 12.8 Å². The SMILES string of the molecule is CCc1csc(CSC(C)CC)n1. The van der Waals surface area contributed by atoms with E-state index in [-0.39, 0.29) is 0 Å². The number of nitrogens with zero attached hydrogens (tertiary/aromatic N) is 1. The lowest BCUT2D eigenvalue weighted by atomic mass is 10.4. The Morgan fingerprint density at radius 3 is 2.85 bits per heavy atom. The van der Waals surface area contributed by atoms with Crippen LogP contribution in [0.1, 0.15) is 37.9 Å². The summed E-state index contributed by atoms with van der Waals surface area (Å²) in [5.41, 5.74) is 1.24. The summed E-state index contributed by atoms with van der Waals surface area (Å²) in [6.07, 6.45) is 2.31. The number of rotatable bonds is 5. The van der Waals surface area contributed by atoms with Crippen molar-refractivity contribution in [2.75, 3.05) is 0 Å². The molecule has 0 aliphatic heterocycles. The third kappa shape index (κ3) is 3.69. The Kier molecular flexibility index (Phi) is 4.81. The quantitative estimate of drug-likeness (QED) is 0.742. The van der Waals surface area contributed by atoms with Gasteiger partial charge in [-0.1, -0.05) is 20.8 Å². The zero-order valence-corrected chi connectivity index (χ0v) is 10.2. The first kappa shape index (κ1) is 11.1. The maximum absolute atomic E-state index is 4.53. The molecule has 0 aliphatic rings. The minimum absolute atomic E-state index is 0.758. The topological polar surface area (TPSA) is 12.9 Å². The van der Waals surface area contributed by atoms with Crippen molar-refractivity contribution in [3.8, 4) is 0 Å². The first-order valence-electron chi connectivity index (χ1n) is 4.81. The van der Waals surface area contributed by atoms with Crippen LogP contribution in [0.4, 0.5) is 0 Å². The van der Waals surface area contributed by atoms with Gasteiger partial charge in [0.1, 0.15) is 5.01 Å². The van der Waals surface area contributed by atoms with Gasteiger partial charge in [0.05, 0.1) is 5.69 Å². The van der Waals surface area contributed by atoms with Gasteiger partial charge in [-0.2, -0.15) is 11.8 Å². The third-order valence-corrected chi connectivity index (χ3v) is 4.45. The number of thiazole rings is 1. The van der Waals surface area contributed by atoms with Crippen LogP contribution >= 0.6 is 23.1 Å². The second-order valence-electron chi connectivity index (χ2n) is 3.12. The molecule has 1 rings (SSSR count). The van der Waals surface area contributed by atoms with E-state index in [1.54, 1.807) is 11.3 Å². The normalized spacial score (nSPS) is 13.2. The molecule has 0 aromatic carbocycles. The zero-order valence-electron chi connectivity index (χ0n) is 8.54. The third-order valence-electron chi connectivity index (χ3n) is 2.03. The molecule has 0 spiro atoms. The minimum Gasteiger partial charge on any atom is -0.245 e. The molecule has 1 atom stereocenters. The highest BCUT2D eigenvalue weighted by molar-refractivity contribution is 7.99. The lowest BCUT2D eigenvalue weighted by Gasteiger charge is -2.05. The highest BCUT2D eigenvalue weighted by Gasteiger charge is 2.03. The Morgan fingerprint density at radius 2 is 2.31 bits per heavy atom. The van der Waals surface area contributed by atoms with Crippen LogP contribution in [-0.2, 0) is 12.2 Å². The average Bonchev–Trinajstić information content (AvgIpc) is 2.61. The molecule has 0 aliphatic carbocycles. The molecule has 74 valence electrons. The van der Waals surface area contributed by atoms with Crippen LogP contribution in [0.5, 0.6) is 0 Å². The Bertz CT molecular complexity index is 245. The molecular formula is C10H17NS2. The van der Waals surface area contributed by atoms with Crippen LogP contribution in [-0.4, -0.2) is 10.2 Å². The highest BCUT2D eigenvalue weighted by atomic mass is 32.2. The van der Waals surface area contributed by atoms with Crippen molar-refractivity contribution in [3.63, 3.8) is 0 Å². The van der Waals surface area contributed by atoms with E-state index in [4.69, 9.17) is 0 Å². The average molecular weight is 215 g/mol. The molecule has 0 amide bonds. The van der Waals surface area contributed by atoms with Crippen LogP contribution < -0.4 is 0 Å². The van der Waals surface area contributed by atoms with Gasteiger partial charge in [0.15, 0.2) is 0 Å². The Labute approximate surface area is 89.0 Å². The van der Waals surface area contributed by atoms with Crippen molar-refractivity contribution >= 4 is 23.1 Å². The molecule has 3 heteroatoms. The molecular weight excluding hydrogens is 198 g/mol. The van der Waals surface area contributed by atoms with Crippen LogP contribution in [0.2, 0.25) is 0 Å². The molecule has 0 saturated heterocycles. The number of aryl methyl sites for hydroxylation is 1. The summed E-state index contributed by atoms with van der Waals surface area (Å²) in [6.45, 7) is 6.66. The van der Waals surface area contributed by atoms with Crippen molar-refractivity contribution < 1.29 is 0 Å². The minimum atomic E-state index is 0.758. The van der Waals surface area contributed by atoms with Gasteiger partial charge >= 0.3 is 0 Å². The first-order valence-corrected chi connectivity index (χ1v) is 6.74. The number of hydrogen-bond acceptors (Lipinski definition) is 3. The maximum Gasteiger partial charge on any atom is 0.103 e. The second-order valence-corrected chi connectivity index (χ2v) is 5.49. The van der Waals surface area contributed by atoms with Gasteiger partial charge in [-0.3, -0.25) is 0 Å².